The van der Waals surface area contributed by atoms with Crippen LogP contribution in [0.5, 0.6) is 0 Å². The van der Waals surface area contributed by atoms with E-state index < -0.39 is 0 Å². The molecule has 2 heteroatoms. The van der Waals surface area contributed by atoms with E-state index in [0.717, 1.165) is 10.4 Å². The van der Waals surface area contributed by atoms with E-state index in [0.29, 0.717) is 11.3 Å². The maximum atomic E-state index is 5.93. The predicted octanol–water partition coefficient (Wildman–Crippen LogP) is 4.36. The van der Waals surface area contributed by atoms with Crippen molar-refractivity contribution >= 4 is 27.5 Å². The number of halogens is 2. The van der Waals surface area contributed by atoms with E-state index >= 15 is 0 Å². The minimum atomic E-state index is 0.391. The maximum Gasteiger partial charge on any atom is 0.0260 e. The Hall–Kier alpha value is -0.0100. The number of rotatable bonds is 3. The standard InChI is InChI=1S/C12H14BrCl/c1-2-12(7-10(12)8-14)9-3-5-11(13)6-4-9/h3-6,10H,2,7-8H2,1H3. The molecule has 2 unspecified atom stereocenters. The summed E-state index contributed by atoms with van der Waals surface area (Å²) in [5.74, 6) is 1.49. The molecule has 1 aliphatic carbocycles. The zero-order valence-corrected chi connectivity index (χ0v) is 10.6. The van der Waals surface area contributed by atoms with Crippen LogP contribution < -0.4 is 0 Å². The molecule has 2 rings (SSSR count). The van der Waals surface area contributed by atoms with Crippen molar-refractivity contribution in [1.82, 2.24) is 0 Å². The van der Waals surface area contributed by atoms with Crippen LogP contribution in [0.2, 0.25) is 0 Å². The van der Waals surface area contributed by atoms with Gasteiger partial charge in [-0.1, -0.05) is 35.0 Å². The summed E-state index contributed by atoms with van der Waals surface area (Å²) >= 11 is 9.39. The highest BCUT2D eigenvalue weighted by Crippen LogP contribution is 2.57. The molecule has 76 valence electrons. The Labute approximate surface area is 98.8 Å². The van der Waals surface area contributed by atoms with Gasteiger partial charge in [0.05, 0.1) is 0 Å². The molecule has 0 spiro atoms. The van der Waals surface area contributed by atoms with Crippen LogP contribution in [0, 0.1) is 5.92 Å². The Morgan fingerprint density at radius 2 is 2.07 bits per heavy atom. The van der Waals surface area contributed by atoms with E-state index in [2.05, 4.69) is 47.1 Å². The van der Waals surface area contributed by atoms with Crippen LogP contribution in [0.1, 0.15) is 25.3 Å². The molecule has 1 aromatic rings. The molecule has 0 amide bonds. The molecule has 0 aromatic heterocycles. The van der Waals surface area contributed by atoms with E-state index in [4.69, 9.17) is 11.6 Å². The molecule has 1 aromatic carbocycles. The molecular formula is C12H14BrCl. The Morgan fingerprint density at radius 3 is 2.50 bits per heavy atom. The van der Waals surface area contributed by atoms with Gasteiger partial charge in [0, 0.05) is 10.4 Å². The molecule has 0 N–H and O–H groups in total. The fraction of sp³-hybridized carbons (Fsp3) is 0.500. The number of hydrogen-bond donors (Lipinski definition) is 0. The molecule has 1 saturated carbocycles. The lowest BCUT2D eigenvalue weighted by Gasteiger charge is -2.15. The summed E-state index contributed by atoms with van der Waals surface area (Å²) in [5, 5.41) is 0. The van der Waals surface area contributed by atoms with Gasteiger partial charge in [0.1, 0.15) is 0 Å². The first-order chi connectivity index (χ1) is 6.73. The zero-order valence-electron chi connectivity index (χ0n) is 8.26. The first kappa shape index (κ1) is 10.5. The molecule has 0 saturated heterocycles. The highest BCUT2D eigenvalue weighted by Gasteiger charge is 2.52. The second kappa shape index (κ2) is 3.86. The highest BCUT2D eigenvalue weighted by atomic mass is 79.9. The molecule has 0 radical (unpaired) electrons. The van der Waals surface area contributed by atoms with Crippen molar-refractivity contribution in [3.8, 4) is 0 Å². The third-order valence-corrected chi connectivity index (χ3v) is 4.37. The van der Waals surface area contributed by atoms with Crippen molar-refractivity contribution in [1.29, 1.82) is 0 Å². The van der Waals surface area contributed by atoms with Gasteiger partial charge >= 0.3 is 0 Å². The van der Waals surface area contributed by atoms with Gasteiger partial charge in [0.15, 0.2) is 0 Å². The Morgan fingerprint density at radius 1 is 1.43 bits per heavy atom. The van der Waals surface area contributed by atoms with Crippen LogP contribution >= 0.6 is 27.5 Å². The van der Waals surface area contributed by atoms with E-state index in [1.807, 2.05) is 0 Å². The third-order valence-electron chi connectivity index (χ3n) is 3.47. The number of benzene rings is 1. The average molecular weight is 274 g/mol. The lowest BCUT2D eigenvalue weighted by molar-refractivity contribution is 0.609. The van der Waals surface area contributed by atoms with Gasteiger partial charge in [-0.2, -0.15) is 0 Å². The normalized spacial score (nSPS) is 30.4. The summed E-state index contributed by atoms with van der Waals surface area (Å²) in [4.78, 5) is 0. The van der Waals surface area contributed by atoms with Gasteiger partial charge < -0.3 is 0 Å². The van der Waals surface area contributed by atoms with E-state index in [1.165, 1.54) is 18.4 Å². The highest BCUT2D eigenvalue weighted by molar-refractivity contribution is 9.10. The van der Waals surface area contributed by atoms with Crippen molar-refractivity contribution in [2.24, 2.45) is 5.92 Å². The van der Waals surface area contributed by atoms with Gasteiger partial charge in [-0.05, 0) is 41.9 Å². The van der Waals surface area contributed by atoms with Gasteiger partial charge in [0.2, 0.25) is 0 Å². The second-order valence-electron chi connectivity index (χ2n) is 4.07. The van der Waals surface area contributed by atoms with E-state index in [1.54, 1.807) is 0 Å². The van der Waals surface area contributed by atoms with Gasteiger partial charge in [-0.15, -0.1) is 11.6 Å². The summed E-state index contributed by atoms with van der Waals surface area (Å²) in [6.45, 7) is 2.26. The zero-order chi connectivity index (χ0) is 10.2. The lowest BCUT2D eigenvalue weighted by Crippen LogP contribution is -2.09. The summed E-state index contributed by atoms with van der Waals surface area (Å²) in [7, 11) is 0. The number of alkyl halides is 1. The lowest BCUT2D eigenvalue weighted by atomic mass is 9.91. The van der Waals surface area contributed by atoms with Gasteiger partial charge in [-0.25, -0.2) is 0 Å². The average Bonchev–Trinajstić information content (AvgIpc) is 2.94. The number of hydrogen-bond acceptors (Lipinski definition) is 0. The van der Waals surface area contributed by atoms with Crippen LogP contribution in [0.4, 0.5) is 0 Å². The third kappa shape index (κ3) is 1.61. The minimum absolute atomic E-state index is 0.391. The monoisotopic (exact) mass is 272 g/mol. The summed E-state index contributed by atoms with van der Waals surface area (Å²) in [6, 6.07) is 8.69. The van der Waals surface area contributed by atoms with Crippen molar-refractivity contribution in [2.45, 2.75) is 25.2 Å². The van der Waals surface area contributed by atoms with Crippen LogP contribution in [0.25, 0.3) is 0 Å². The molecule has 1 aliphatic rings. The second-order valence-corrected chi connectivity index (χ2v) is 5.30. The molecule has 1 fully saturated rings. The van der Waals surface area contributed by atoms with Gasteiger partial charge in [-0.3, -0.25) is 0 Å². The van der Waals surface area contributed by atoms with Crippen molar-refractivity contribution < 1.29 is 0 Å². The van der Waals surface area contributed by atoms with E-state index in [9.17, 15) is 0 Å². The molecular weight excluding hydrogens is 259 g/mol. The smallest absolute Gasteiger partial charge is 0.0260 e. The maximum absolute atomic E-state index is 5.93. The summed E-state index contributed by atoms with van der Waals surface area (Å²) < 4.78 is 1.15. The SMILES string of the molecule is CCC1(c2ccc(Br)cc2)CC1CCl. The van der Waals surface area contributed by atoms with Crippen LogP contribution in [-0.2, 0) is 5.41 Å². The molecule has 0 bridgehead atoms. The topological polar surface area (TPSA) is 0 Å². The Balaban J connectivity index is 2.26. The molecule has 0 aliphatic heterocycles. The first-order valence-corrected chi connectivity index (χ1v) is 6.37. The molecule has 14 heavy (non-hydrogen) atoms. The van der Waals surface area contributed by atoms with Crippen molar-refractivity contribution in [2.75, 3.05) is 5.88 Å². The van der Waals surface area contributed by atoms with E-state index in [-0.39, 0.29) is 0 Å². The molecule has 2 atom stereocenters. The van der Waals surface area contributed by atoms with Crippen molar-refractivity contribution in [3.05, 3.63) is 34.3 Å². The quantitative estimate of drug-likeness (QED) is 0.718. The van der Waals surface area contributed by atoms with Crippen LogP contribution in [0.3, 0.4) is 0 Å². The molecule has 0 heterocycles. The van der Waals surface area contributed by atoms with Gasteiger partial charge in [0.25, 0.3) is 0 Å². The summed E-state index contributed by atoms with van der Waals surface area (Å²) in [6.07, 6.45) is 2.46. The summed E-state index contributed by atoms with van der Waals surface area (Å²) in [5.41, 5.74) is 1.84. The Bertz CT molecular complexity index is 320. The first-order valence-electron chi connectivity index (χ1n) is 5.05. The minimum Gasteiger partial charge on any atom is -0.126 e. The largest absolute Gasteiger partial charge is 0.126 e. The van der Waals surface area contributed by atoms with Crippen LogP contribution in [0.15, 0.2) is 28.7 Å². The fourth-order valence-corrected chi connectivity index (χ4v) is 3.02. The van der Waals surface area contributed by atoms with Crippen molar-refractivity contribution in [3.63, 3.8) is 0 Å². The Kier molecular flexibility index (Phi) is 2.90. The fourth-order valence-electron chi connectivity index (χ4n) is 2.36. The predicted molar refractivity (Wildman–Crippen MR) is 64.9 cm³/mol. The molecule has 0 nitrogen and oxygen atoms in total. The van der Waals surface area contributed by atoms with Crippen LogP contribution in [-0.4, -0.2) is 5.88 Å².